The van der Waals surface area contributed by atoms with E-state index in [1.807, 2.05) is 26.0 Å². The van der Waals surface area contributed by atoms with Gasteiger partial charge < -0.3 is 15.5 Å². The van der Waals surface area contributed by atoms with E-state index >= 15 is 0 Å². The molecule has 39 heavy (non-hydrogen) atoms. The van der Waals surface area contributed by atoms with Crippen LogP contribution in [0.15, 0.2) is 36.7 Å². The average Bonchev–Trinajstić information content (AvgIpc) is 3.56. The van der Waals surface area contributed by atoms with Gasteiger partial charge in [-0.25, -0.2) is 15.0 Å². The summed E-state index contributed by atoms with van der Waals surface area (Å²) >= 11 is 1.33. The van der Waals surface area contributed by atoms with E-state index in [-0.39, 0.29) is 18.3 Å². The molecule has 0 bridgehead atoms. The quantitative estimate of drug-likeness (QED) is 0.291. The molecule has 9 nitrogen and oxygen atoms in total. The number of aliphatic carboxylic acids is 1. The van der Waals surface area contributed by atoms with Gasteiger partial charge in [0.05, 0.1) is 10.8 Å². The fraction of sp³-hybridized carbons (Fsp3) is 0.462. The molecule has 1 aromatic carbocycles. The summed E-state index contributed by atoms with van der Waals surface area (Å²) in [6.07, 6.45) is -0.961. The van der Waals surface area contributed by atoms with Crippen molar-refractivity contribution in [1.82, 2.24) is 25.8 Å². The first kappa shape index (κ1) is 27.4. The standard InChI is InChI=1S/C26H29F3N6O3S/c1-24(2)13-25(38,5-3-18(24)21(36)37)22-31-12-19(39-22)15-7-14(16-10-32-33-11-16)8-17(9-15)34-23-30-6-4-20(35-23)26(27,28)29/h4,6-9,12,16,18,32-33,38H,3,5,10-11,13H2,1-2H3,(H,36,37)(H,30,34,35)/t18-,25-/m1/s1. The van der Waals surface area contributed by atoms with Gasteiger partial charge in [-0.3, -0.25) is 15.6 Å². The number of nitrogens with one attached hydrogen (secondary N) is 3. The van der Waals surface area contributed by atoms with E-state index in [2.05, 4.69) is 31.1 Å². The highest BCUT2D eigenvalue weighted by Crippen LogP contribution is 2.51. The van der Waals surface area contributed by atoms with Crippen LogP contribution in [0.4, 0.5) is 24.8 Å². The second-order valence-electron chi connectivity index (χ2n) is 10.8. The first-order chi connectivity index (χ1) is 18.3. The maximum absolute atomic E-state index is 13.2. The number of alkyl halides is 3. The van der Waals surface area contributed by atoms with Gasteiger partial charge in [-0.15, -0.1) is 11.3 Å². The summed E-state index contributed by atoms with van der Waals surface area (Å²) in [5, 5.41) is 24.5. The number of aliphatic hydroxyl groups is 1. The summed E-state index contributed by atoms with van der Waals surface area (Å²) in [6, 6.07) is 6.47. The maximum atomic E-state index is 13.2. The molecule has 3 heterocycles. The number of hydrogen-bond acceptors (Lipinski definition) is 9. The molecular weight excluding hydrogens is 533 g/mol. The van der Waals surface area contributed by atoms with Crippen LogP contribution in [-0.2, 0) is 16.6 Å². The molecule has 208 valence electrons. The molecule has 2 atom stereocenters. The lowest BCUT2D eigenvalue weighted by Gasteiger charge is -2.44. The van der Waals surface area contributed by atoms with E-state index in [0.29, 0.717) is 36.6 Å². The number of carbonyl (C=O) groups is 1. The second kappa shape index (κ2) is 10.1. The second-order valence-corrected chi connectivity index (χ2v) is 11.9. The number of anilines is 2. The Morgan fingerprint density at radius 1 is 1.18 bits per heavy atom. The molecule has 13 heteroatoms. The van der Waals surface area contributed by atoms with Crippen molar-refractivity contribution in [2.24, 2.45) is 11.3 Å². The number of aromatic nitrogens is 3. The third-order valence-electron chi connectivity index (χ3n) is 7.48. The fourth-order valence-electron chi connectivity index (χ4n) is 5.51. The van der Waals surface area contributed by atoms with Crippen molar-refractivity contribution in [3.05, 3.63) is 52.9 Å². The van der Waals surface area contributed by atoms with Crippen LogP contribution >= 0.6 is 11.3 Å². The zero-order valence-corrected chi connectivity index (χ0v) is 22.2. The molecule has 0 amide bonds. The lowest BCUT2D eigenvalue weighted by atomic mass is 9.63. The number of carboxylic acid groups (broad SMARTS) is 1. The van der Waals surface area contributed by atoms with Gasteiger partial charge in [0.1, 0.15) is 16.3 Å². The average molecular weight is 563 g/mol. The molecule has 1 aliphatic heterocycles. The van der Waals surface area contributed by atoms with Crippen LogP contribution in [-0.4, -0.2) is 44.2 Å². The van der Waals surface area contributed by atoms with Crippen molar-refractivity contribution in [3.8, 4) is 10.4 Å². The Kier molecular flexibility index (Phi) is 7.12. The van der Waals surface area contributed by atoms with E-state index in [1.165, 1.54) is 11.3 Å². The van der Waals surface area contributed by atoms with E-state index < -0.39 is 34.8 Å². The van der Waals surface area contributed by atoms with E-state index in [0.717, 1.165) is 28.3 Å². The van der Waals surface area contributed by atoms with Crippen molar-refractivity contribution >= 4 is 28.9 Å². The summed E-state index contributed by atoms with van der Waals surface area (Å²) in [4.78, 5) is 24.6. The first-order valence-electron chi connectivity index (χ1n) is 12.5. The molecule has 3 aromatic rings. The molecule has 2 aliphatic rings. The molecule has 0 spiro atoms. The molecule has 0 unspecified atom stereocenters. The minimum atomic E-state index is -4.59. The lowest BCUT2D eigenvalue weighted by Crippen LogP contribution is -2.44. The molecule has 1 aliphatic carbocycles. The Morgan fingerprint density at radius 3 is 2.59 bits per heavy atom. The fourth-order valence-corrected chi connectivity index (χ4v) is 6.53. The monoisotopic (exact) mass is 562 g/mol. The van der Waals surface area contributed by atoms with Crippen LogP contribution in [0, 0.1) is 11.3 Å². The number of nitrogens with zero attached hydrogens (tertiary/aromatic N) is 3. The molecular formula is C26H29F3N6O3S. The van der Waals surface area contributed by atoms with E-state index in [1.54, 1.807) is 12.3 Å². The van der Waals surface area contributed by atoms with Gasteiger partial charge in [0.15, 0.2) is 0 Å². The van der Waals surface area contributed by atoms with Crippen LogP contribution < -0.4 is 16.2 Å². The summed E-state index contributed by atoms with van der Waals surface area (Å²) in [5.41, 5.74) is 5.53. The highest BCUT2D eigenvalue weighted by atomic mass is 32.1. The van der Waals surface area contributed by atoms with Gasteiger partial charge in [0, 0.05) is 37.1 Å². The van der Waals surface area contributed by atoms with Gasteiger partial charge in [0.25, 0.3) is 0 Å². The Labute approximate surface area is 226 Å². The van der Waals surface area contributed by atoms with Gasteiger partial charge in [-0.1, -0.05) is 13.8 Å². The smallest absolute Gasteiger partial charge is 0.433 e. The molecule has 5 N–H and O–H groups in total. The van der Waals surface area contributed by atoms with Crippen LogP contribution in [0.25, 0.3) is 10.4 Å². The Bertz CT molecular complexity index is 1370. The normalized spacial score (nSPS) is 23.6. The number of hydrazine groups is 1. The van der Waals surface area contributed by atoms with Crippen LogP contribution in [0.5, 0.6) is 0 Å². The van der Waals surface area contributed by atoms with Crippen molar-refractivity contribution in [2.45, 2.75) is 50.8 Å². The van der Waals surface area contributed by atoms with E-state index in [9.17, 15) is 28.2 Å². The number of rotatable bonds is 6. The SMILES string of the molecule is CC1(C)C[C@@](O)(c2ncc(-c3cc(Nc4nccc(C(F)(F)F)n4)cc(C4CNNC4)c3)s2)CC[C@@H]1C(=O)O. The zero-order valence-electron chi connectivity index (χ0n) is 21.3. The van der Waals surface area contributed by atoms with E-state index in [4.69, 9.17) is 0 Å². The van der Waals surface area contributed by atoms with Gasteiger partial charge in [0.2, 0.25) is 5.95 Å². The molecule has 1 saturated heterocycles. The number of thiazole rings is 1. The Morgan fingerprint density at radius 2 is 1.92 bits per heavy atom. The summed E-state index contributed by atoms with van der Waals surface area (Å²) in [5.74, 6) is -1.46. The van der Waals surface area contributed by atoms with Crippen molar-refractivity contribution in [3.63, 3.8) is 0 Å². The predicted octanol–water partition coefficient (Wildman–Crippen LogP) is 4.65. The largest absolute Gasteiger partial charge is 0.481 e. The highest BCUT2D eigenvalue weighted by molar-refractivity contribution is 7.15. The predicted molar refractivity (Wildman–Crippen MR) is 139 cm³/mol. The molecule has 0 radical (unpaired) electrons. The van der Waals surface area contributed by atoms with Crippen molar-refractivity contribution in [2.75, 3.05) is 18.4 Å². The van der Waals surface area contributed by atoms with Crippen LogP contribution in [0.3, 0.4) is 0 Å². The van der Waals surface area contributed by atoms with Crippen molar-refractivity contribution < 1.29 is 28.2 Å². The first-order valence-corrected chi connectivity index (χ1v) is 13.4. The maximum Gasteiger partial charge on any atom is 0.433 e. The van der Waals surface area contributed by atoms with Crippen LogP contribution in [0.2, 0.25) is 0 Å². The minimum Gasteiger partial charge on any atom is -0.481 e. The zero-order chi connectivity index (χ0) is 28.0. The topological polar surface area (TPSA) is 132 Å². The Hall–Kier alpha value is -3.13. The molecule has 2 aromatic heterocycles. The number of benzene rings is 1. The van der Waals surface area contributed by atoms with Gasteiger partial charge in [-0.05, 0) is 60.1 Å². The minimum absolute atomic E-state index is 0.122. The summed E-state index contributed by atoms with van der Waals surface area (Å²) in [6.45, 7) is 5.06. The Balaban J connectivity index is 1.47. The van der Waals surface area contributed by atoms with Crippen LogP contribution in [0.1, 0.15) is 55.3 Å². The summed E-state index contributed by atoms with van der Waals surface area (Å²) < 4.78 is 39.5. The number of carboxylic acids is 1. The molecule has 5 rings (SSSR count). The number of halogens is 3. The molecule has 2 fully saturated rings. The lowest BCUT2D eigenvalue weighted by molar-refractivity contribution is -0.154. The summed E-state index contributed by atoms with van der Waals surface area (Å²) in [7, 11) is 0. The third-order valence-corrected chi connectivity index (χ3v) is 8.71. The molecule has 1 saturated carbocycles. The van der Waals surface area contributed by atoms with Gasteiger partial charge >= 0.3 is 12.1 Å². The highest BCUT2D eigenvalue weighted by Gasteiger charge is 2.49. The number of hydrogen-bond donors (Lipinski definition) is 5. The third kappa shape index (κ3) is 5.76. The van der Waals surface area contributed by atoms with Gasteiger partial charge in [-0.2, -0.15) is 13.2 Å². The van der Waals surface area contributed by atoms with Crippen molar-refractivity contribution in [1.29, 1.82) is 0 Å².